The summed E-state index contributed by atoms with van der Waals surface area (Å²) in [4.78, 5) is 0. The molecule has 0 spiro atoms. The fourth-order valence-electron chi connectivity index (χ4n) is 4.29. The summed E-state index contributed by atoms with van der Waals surface area (Å²) in [5.74, 6) is 0.596. The molecule has 0 aliphatic heterocycles. The van der Waals surface area contributed by atoms with Crippen molar-refractivity contribution >= 4 is 44.6 Å². The second-order valence-electron chi connectivity index (χ2n) is 7.67. The van der Waals surface area contributed by atoms with Crippen molar-refractivity contribution in [3.8, 4) is 11.1 Å². The van der Waals surface area contributed by atoms with Gasteiger partial charge in [0.25, 0.3) is 0 Å². The molecule has 0 aromatic heterocycles. The van der Waals surface area contributed by atoms with Gasteiger partial charge in [-0.15, -0.1) is 0 Å². The van der Waals surface area contributed by atoms with Gasteiger partial charge >= 0.3 is 37.9 Å². The molecule has 0 amide bonds. The van der Waals surface area contributed by atoms with Crippen LogP contribution < -0.4 is 0 Å². The standard InChI is InChI=1S/C27H23.2ClH.Zr/c1-3-18(2)21-15-19-10-8-14-25(26(19)17-21)27-16-20-9-4-5-11-22(20)23-12-6-7-13-24(23)27;;;/h4-18H,3H2,1-2H3;2*1H;/q;;;+2/p-2. The first-order valence-corrected chi connectivity index (χ1v) is 16.6. The summed E-state index contributed by atoms with van der Waals surface area (Å²) in [6, 6.07) is 26.6. The molecule has 0 heterocycles. The maximum atomic E-state index is 4.93. The van der Waals surface area contributed by atoms with Gasteiger partial charge in [0.05, 0.1) is 0 Å². The fourth-order valence-corrected chi connectivity index (χ4v) is 4.29. The molecule has 30 heavy (non-hydrogen) atoms. The monoisotopic (exact) mass is 507 g/mol. The molecule has 1 aliphatic rings. The van der Waals surface area contributed by atoms with Crippen molar-refractivity contribution < 1.29 is 20.8 Å². The van der Waals surface area contributed by atoms with Crippen LogP contribution in [0.25, 0.3) is 38.7 Å². The third kappa shape index (κ3) is 4.18. The van der Waals surface area contributed by atoms with E-state index in [0.29, 0.717) is 5.92 Å². The Morgan fingerprint density at radius 3 is 2.20 bits per heavy atom. The Hall–Kier alpha value is -1.40. The van der Waals surface area contributed by atoms with Crippen molar-refractivity contribution in [3.63, 3.8) is 0 Å². The first-order valence-electron chi connectivity index (χ1n) is 10.2. The average molecular weight is 510 g/mol. The first-order chi connectivity index (χ1) is 14.7. The van der Waals surface area contributed by atoms with Crippen LogP contribution in [0.4, 0.5) is 0 Å². The Bertz CT molecular complexity index is 1230. The summed E-state index contributed by atoms with van der Waals surface area (Å²) < 4.78 is 0. The van der Waals surface area contributed by atoms with Crippen LogP contribution in [0.1, 0.15) is 31.4 Å². The summed E-state index contributed by atoms with van der Waals surface area (Å²) in [6.45, 7) is 4.58. The van der Waals surface area contributed by atoms with E-state index < -0.39 is 20.8 Å². The molecule has 1 atom stereocenters. The number of benzene rings is 4. The number of fused-ring (bicyclic) bond motifs is 4. The van der Waals surface area contributed by atoms with Crippen LogP contribution in [0.3, 0.4) is 0 Å². The van der Waals surface area contributed by atoms with Crippen molar-refractivity contribution in [1.29, 1.82) is 0 Å². The van der Waals surface area contributed by atoms with E-state index in [2.05, 4.69) is 99.1 Å². The SMILES string of the molecule is CCC(C)C1=Cc2c(cccc2-c2cc3ccccc3c3ccccc23)[CH]1.[Cl][Zr][Cl]. The van der Waals surface area contributed by atoms with Gasteiger partial charge in [-0.05, 0) is 62.2 Å². The van der Waals surface area contributed by atoms with Crippen molar-refractivity contribution in [2.75, 3.05) is 0 Å². The van der Waals surface area contributed by atoms with Crippen LogP contribution in [-0.2, 0) is 20.8 Å². The number of hydrogen-bond acceptors (Lipinski definition) is 0. The minimum atomic E-state index is -0.826. The van der Waals surface area contributed by atoms with E-state index in [1.54, 1.807) is 0 Å². The molecule has 149 valence electrons. The van der Waals surface area contributed by atoms with Gasteiger partial charge in [0.15, 0.2) is 0 Å². The van der Waals surface area contributed by atoms with Gasteiger partial charge in [0, 0.05) is 6.42 Å². The Kier molecular flexibility index (Phi) is 7.14. The molecule has 0 saturated heterocycles. The Labute approximate surface area is 197 Å². The molecule has 0 saturated carbocycles. The van der Waals surface area contributed by atoms with Crippen LogP contribution in [-0.4, -0.2) is 0 Å². The minimum absolute atomic E-state index is 0.596. The molecule has 0 fully saturated rings. The molecule has 3 heteroatoms. The Balaban J connectivity index is 0.000000687. The van der Waals surface area contributed by atoms with Gasteiger partial charge in [-0.2, -0.15) is 0 Å². The van der Waals surface area contributed by atoms with Gasteiger partial charge in [-0.1, -0.05) is 92.2 Å². The van der Waals surface area contributed by atoms with E-state index in [4.69, 9.17) is 17.0 Å². The predicted molar refractivity (Wildman–Crippen MR) is 129 cm³/mol. The maximum absolute atomic E-state index is 4.93. The van der Waals surface area contributed by atoms with Gasteiger partial charge in [-0.25, -0.2) is 0 Å². The molecular formula is C27H23Cl2Zr. The van der Waals surface area contributed by atoms with Gasteiger partial charge in [0.1, 0.15) is 0 Å². The summed E-state index contributed by atoms with van der Waals surface area (Å²) in [5.41, 5.74) is 6.83. The molecule has 1 unspecified atom stereocenters. The second kappa shape index (κ2) is 9.82. The third-order valence-corrected chi connectivity index (χ3v) is 6.01. The summed E-state index contributed by atoms with van der Waals surface area (Å²) >= 11 is -0.826. The molecule has 5 rings (SSSR count). The topological polar surface area (TPSA) is 0 Å². The van der Waals surface area contributed by atoms with Crippen LogP contribution in [0.2, 0.25) is 0 Å². The van der Waals surface area contributed by atoms with Crippen molar-refractivity contribution in [2.45, 2.75) is 20.3 Å². The summed E-state index contributed by atoms with van der Waals surface area (Å²) in [6.07, 6.45) is 5.95. The molecule has 0 bridgehead atoms. The Morgan fingerprint density at radius 1 is 0.800 bits per heavy atom. The molecular weight excluding hydrogens is 486 g/mol. The number of rotatable bonds is 3. The van der Waals surface area contributed by atoms with Gasteiger partial charge in [-0.3, -0.25) is 0 Å². The zero-order valence-electron chi connectivity index (χ0n) is 17.1. The zero-order chi connectivity index (χ0) is 21.1. The van der Waals surface area contributed by atoms with Crippen LogP contribution in [0.15, 0.2) is 78.4 Å². The van der Waals surface area contributed by atoms with E-state index in [1.807, 2.05) is 0 Å². The van der Waals surface area contributed by atoms with E-state index in [9.17, 15) is 0 Å². The summed E-state index contributed by atoms with van der Waals surface area (Å²) in [5, 5.41) is 5.29. The first kappa shape index (κ1) is 21.8. The normalized spacial score (nSPS) is 13.4. The molecule has 1 aliphatic carbocycles. The Morgan fingerprint density at radius 2 is 1.47 bits per heavy atom. The van der Waals surface area contributed by atoms with E-state index >= 15 is 0 Å². The molecule has 0 nitrogen and oxygen atoms in total. The molecule has 4 aromatic rings. The predicted octanol–water partition coefficient (Wildman–Crippen LogP) is 9.03. The van der Waals surface area contributed by atoms with Gasteiger partial charge in [0.2, 0.25) is 0 Å². The van der Waals surface area contributed by atoms with E-state index in [-0.39, 0.29) is 0 Å². The second-order valence-corrected chi connectivity index (χ2v) is 11.4. The number of halogens is 2. The molecule has 4 aromatic carbocycles. The van der Waals surface area contributed by atoms with Crippen molar-refractivity contribution in [2.24, 2.45) is 5.92 Å². The summed E-state index contributed by atoms with van der Waals surface area (Å²) in [7, 11) is 9.87. The third-order valence-electron chi connectivity index (χ3n) is 6.01. The quantitative estimate of drug-likeness (QED) is 0.242. The van der Waals surface area contributed by atoms with Crippen LogP contribution >= 0.6 is 17.0 Å². The van der Waals surface area contributed by atoms with E-state index in [1.165, 1.54) is 55.8 Å². The molecule has 0 N–H and O–H groups in total. The van der Waals surface area contributed by atoms with Crippen LogP contribution in [0.5, 0.6) is 0 Å². The van der Waals surface area contributed by atoms with Crippen molar-refractivity contribution in [1.82, 2.24) is 0 Å². The average Bonchev–Trinajstić information content (AvgIpc) is 3.23. The molecule has 1 radical (unpaired) electrons. The number of hydrogen-bond donors (Lipinski definition) is 0. The fraction of sp³-hybridized carbons (Fsp3) is 0.148. The van der Waals surface area contributed by atoms with Crippen molar-refractivity contribution in [3.05, 3.63) is 95.9 Å². The zero-order valence-corrected chi connectivity index (χ0v) is 21.1. The van der Waals surface area contributed by atoms with Gasteiger partial charge < -0.3 is 0 Å². The van der Waals surface area contributed by atoms with E-state index in [0.717, 1.165) is 0 Å². The number of allylic oxidation sites excluding steroid dienone is 1. The van der Waals surface area contributed by atoms with Crippen LogP contribution in [0, 0.1) is 12.3 Å².